The quantitative estimate of drug-likeness (QED) is 0.572. The molecule has 0 fully saturated rings. The minimum Gasteiger partial charge on any atom is -0.465 e. The molecule has 3 aromatic carbocycles. The summed E-state index contributed by atoms with van der Waals surface area (Å²) in [7, 11) is 2.51. The highest BCUT2D eigenvalue weighted by Gasteiger charge is 2.19. The van der Waals surface area contributed by atoms with Gasteiger partial charge in [-0.2, -0.15) is 0 Å². The van der Waals surface area contributed by atoms with Crippen molar-refractivity contribution in [3.63, 3.8) is 0 Å². The molecule has 3 N–H and O–H groups in total. The number of methoxy groups -OCH3 is 2. The number of carbonyl (C=O) groups is 3. The second-order valence-corrected chi connectivity index (χ2v) is 7.09. The molecule has 7 nitrogen and oxygen atoms in total. The average molecular weight is 421 g/mol. The summed E-state index contributed by atoms with van der Waals surface area (Å²) >= 11 is 0. The van der Waals surface area contributed by atoms with E-state index in [9.17, 15) is 14.4 Å². The van der Waals surface area contributed by atoms with Gasteiger partial charge in [0, 0.05) is 5.56 Å². The van der Waals surface area contributed by atoms with Crippen LogP contribution in [0.3, 0.4) is 0 Å². The summed E-state index contributed by atoms with van der Waals surface area (Å²) < 4.78 is 9.48. The van der Waals surface area contributed by atoms with Gasteiger partial charge in [-0.1, -0.05) is 42.5 Å². The number of ether oxygens (including phenoxy) is 2. The number of benzene rings is 3. The summed E-state index contributed by atoms with van der Waals surface area (Å²) in [6.07, 6.45) is 0. The third-order valence-corrected chi connectivity index (χ3v) is 5.09. The predicted molar refractivity (Wildman–Crippen MR) is 117 cm³/mol. The Kier molecular flexibility index (Phi) is 6.99. The van der Waals surface area contributed by atoms with Gasteiger partial charge in [0.05, 0.1) is 31.0 Å². The van der Waals surface area contributed by atoms with E-state index in [1.54, 1.807) is 0 Å². The van der Waals surface area contributed by atoms with Crippen LogP contribution in [0.5, 0.6) is 0 Å². The van der Waals surface area contributed by atoms with E-state index in [1.165, 1.54) is 32.4 Å². The van der Waals surface area contributed by atoms with Gasteiger partial charge < -0.3 is 20.1 Å². The molecule has 0 saturated heterocycles. The van der Waals surface area contributed by atoms with Crippen LogP contribution in [-0.4, -0.2) is 38.6 Å². The molecule has 31 heavy (non-hydrogen) atoms. The van der Waals surface area contributed by atoms with Crippen LogP contribution in [0.25, 0.3) is 10.8 Å². The molecule has 7 heteroatoms. The summed E-state index contributed by atoms with van der Waals surface area (Å²) in [5.41, 5.74) is 1.71. The van der Waals surface area contributed by atoms with Crippen LogP contribution in [0.1, 0.15) is 39.2 Å². The Bertz CT molecular complexity index is 1120. The molecule has 3 rings (SSSR count). The zero-order valence-corrected chi connectivity index (χ0v) is 17.7. The molecule has 0 saturated carbocycles. The van der Waals surface area contributed by atoms with Crippen molar-refractivity contribution < 1.29 is 29.2 Å². The fourth-order valence-electron chi connectivity index (χ4n) is 3.44. The van der Waals surface area contributed by atoms with Crippen LogP contribution in [0.4, 0.5) is 5.69 Å². The molecule has 1 atom stereocenters. The van der Waals surface area contributed by atoms with E-state index in [4.69, 9.17) is 9.47 Å². The molecule has 0 radical (unpaired) electrons. The summed E-state index contributed by atoms with van der Waals surface area (Å²) in [6, 6.07) is 18.5. The number of hydrogen-bond acceptors (Lipinski definition) is 5. The van der Waals surface area contributed by atoms with E-state index in [0.717, 1.165) is 16.3 Å². The number of rotatable bonds is 7. The first-order valence-electron chi connectivity index (χ1n) is 9.86. The Morgan fingerprint density at radius 2 is 1.65 bits per heavy atom. The van der Waals surface area contributed by atoms with Crippen LogP contribution >= 0.6 is 0 Å². The molecule has 0 aliphatic carbocycles. The smallest absolute Gasteiger partial charge is 0.339 e. The first kappa shape index (κ1) is 22.0. The molecule has 0 aliphatic rings. The molecule has 160 valence electrons. The Morgan fingerprint density at radius 3 is 2.39 bits per heavy atom. The lowest BCUT2D eigenvalue weighted by Gasteiger charge is -2.15. The first-order chi connectivity index (χ1) is 14.9. The van der Waals surface area contributed by atoms with E-state index in [2.05, 4.69) is 29.6 Å². The zero-order chi connectivity index (χ0) is 22.4. The summed E-state index contributed by atoms with van der Waals surface area (Å²) in [4.78, 5) is 36.5. The molecule has 0 aromatic heterocycles. The van der Waals surface area contributed by atoms with Crippen molar-refractivity contribution in [3.8, 4) is 0 Å². The minimum atomic E-state index is -0.611. The van der Waals surface area contributed by atoms with Crippen LogP contribution in [-0.2, 0) is 14.3 Å². The monoisotopic (exact) mass is 421 g/mol. The van der Waals surface area contributed by atoms with Crippen LogP contribution in [0.2, 0.25) is 0 Å². The number of carbonyl (C=O) groups excluding carboxylic acids is 3. The van der Waals surface area contributed by atoms with E-state index >= 15 is 0 Å². The molecule has 0 heterocycles. The Hall–Kier alpha value is -3.71. The van der Waals surface area contributed by atoms with E-state index in [0.29, 0.717) is 0 Å². The van der Waals surface area contributed by atoms with Crippen molar-refractivity contribution in [1.82, 2.24) is 0 Å². The van der Waals surface area contributed by atoms with Gasteiger partial charge in [0.25, 0.3) is 5.91 Å². The zero-order valence-electron chi connectivity index (χ0n) is 17.7. The summed E-state index contributed by atoms with van der Waals surface area (Å²) in [5, 5.41) is 6.92. The fraction of sp³-hybridized carbons (Fsp3) is 0.208. The van der Waals surface area contributed by atoms with Crippen LogP contribution < -0.4 is 10.6 Å². The number of quaternary nitrogens is 1. The molecule has 0 bridgehead atoms. The largest absolute Gasteiger partial charge is 0.465 e. The highest BCUT2D eigenvalue weighted by Crippen LogP contribution is 2.22. The Morgan fingerprint density at radius 1 is 0.935 bits per heavy atom. The number of amides is 1. The van der Waals surface area contributed by atoms with E-state index in [-0.39, 0.29) is 35.3 Å². The van der Waals surface area contributed by atoms with Gasteiger partial charge in [0.15, 0.2) is 6.54 Å². The number of esters is 2. The number of fused-ring (bicyclic) bond motifs is 1. The van der Waals surface area contributed by atoms with Gasteiger partial charge in [0.1, 0.15) is 6.04 Å². The van der Waals surface area contributed by atoms with Crippen molar-refractivity contribution in [3.05, 3.63) is 77.4 Å². The Labute approximate surface area is 180 Å². The molecule has 0 aliphatic heterocycles. The second-order valence-electron chi connectivity index (χ2n) is 7.09. The molecule has 3 aromatic rings. The standard InChI is InChI=1S/C24H24N2O5/c1-15(18-10-6-8-16-7-4-5-9-19(16)18)25-14-22(27)26-21-13-17(23(28)30-2)11-12-20(21)24(29)31-3/h4-13,15,25H,14H2,1-3H3,(H,26,27)/p+1/t15-/m1/s1. The first-order valence-corrected chi connectivity index (χ1v) is 9.86. The van der Waals surface area contributed by atoms with Gasteiger partial charge >= 0.3 is 11.9 Å². The van der Waals surface area contributed by atoms with Crippen LogP contribution in [0.15, 0.2) is 60.7 Å². The lowest BCUT2D eigenvalue weighted by atomic mass is 10.00. The fourth-order valence-corrected chi connectivity index (χ4v) is 3.44. The van der Waals surface area contributed by atoms with Gasteiger partial charge in [-0.15, -0.1) is 0 Å². The average Bonchev–Trinajstić information content (AvgIpc) is 2.81. The maximum absolute atomic E-state index is 12.6. The van der Waals surface area contributed by atoms with Crippen LogP contribution in [0, 0.1) is 0 Å². The van der Waals surface area contributed by atoms with Gasteiger partial charge in [-0.3, -0.25) is 4.79 Å². The summed E-state index contributed by atoms with van der Waals surface area (Å²) in [5.74, 6) is -1.48. The SMILES string of the molecule is COC(=O)c1ccc(C(=O)OC)c(NC(=O)C[NH2+][C@H](C)c2cccc3ccccc23)c1. The maximum atomic E-state index is 12.6. The second kappa shape index (κ2) is 9.86. The van der Waals surface area contributed by atoms with Gasteiger partial charge in [-0.25, -0.2) is 9.59 Å². The van der Waals surface area contributed by atoms with E-state index in [1.807, 2.05) is 30.4 Å². The highest BCUT2D eigenvalue weighted by atomic mass is 16.5. The van der Waals surface area contributed by atoms with E-state index < -0.39 is 11.9 Å². The topological polar surface area (TPSA) is 98.3 Å². The molecule has 0 unspecified atom stereocenters. The number of anilines is 1. The molecular weight excluding hydrogens is 396 g/mol. The third kappa shape index (κ3) is 5.07. The normalized spacial score (nSPS) is 11.6. The third-order valence-electron chi connectivity index (χ3n) is 5.09. The van der Waals surface area contributed by atoms with Gasteiger partial charge in [0.2, 0.25) is 0 Å². The minimum absolute atomic E-state index is 0.0401. The molecule has 1 amide bonds. The molecule has 0 spiro atoms. The van der Waals surface area contributed by atoms with Crippen molar-refractivity contribution in [1.29, 1.82) is 0 Å². The molecular formula is C24H25N2O5+. The van der Waals surface area contributed by atoms with Crippen molar-refractivity contribution in [2.75, 3.05) is 26.1 Å². The predicted octanol–water partition coefficient (Wildman–Crippen LogP) is 2.68. The van der Waals surface area contributed by atoms with Crippen molar-refractivity contribution in [2.45, 2.75) is 13.0 Å². The number of nitrogens with two attached hydrogens (primary N) is 1. The lowest BCUT2D eigenvalue weighted by Crippen LogP contribution is -2.86. The van der Waals surface area contributed by atoms with Crippen molar-refractivity contribution in [2.24, 2.45) is 0 Å². The maximum Gasteiger partial charge on any atom is 0.339 e. The summed E-state index contributed by atoms with van der Waals surface area (Å²) in [6.45, 7) is 2.17. The van der Waals surface area contributed by atoms with Crippen molar-refractivity contribution >= 4 is 34.3 Å². The lowest BCUT2D eigenvalue weighted by molar-refractivity contribution is -0.682. The number of nitrogens with one attached hydrogen (secondary N) is 1. The number of hydrogen-bond donors (Lipinski definition) is 2. The van der Waals surface area contributed by atoms with Gasteiger partial charge in [-0.05, 0) is 35.9 Å². The highest BCUT2D eigenvalue weighted by molar-refractivity contribution is 6.03. The Balaban J connectivity index is 1.74.